The van der Waals surface area contributed by atoms with E-state index in [0.29, 0.717) is 17.0 Å². The maximum atomic E-state index is 10.4. The molecule has 0 aromatic carbocycles. The number of aromatic nitrogens is 2. The maximum Gasteiger partial charge on any atom is 0.0974 e. The Balaban J connectivity index is 1.90. The summed E-state index contributed by atoms with van der Waals surface area (Å²) in [6.45, 7) is 5.68. The van der Waals surface area contributed by atoms with Crippen LogP contribution in [-0.4, -0.2) is 27.6 Å². The van der Waals surface area contributed by atoms with Crippen molar-refractivity contribution in [3.05, 3.63) is 16.9 Å². The molecule has 0 aliphatic heterocycles. The number of aliphatic hydroxyl groups excluding tert-OH is 1. The van der Waals surface area contributed by atoms with E-state index in [-0.39, 0.29) is 0 Å². The van der Waals surface area contributed by atoms with Crippen molar-refractivity contribution in [2.45, 2.75) is 58.3 Å². The smallest absolute Gasteiger partial charge is 0.0974 e. The summed E-state index contributed by atoms with van der Waals surface area (Å²) in [6, 6.07) is 0. The van der Waals surface area contributed by atoms with Crippen molar-refractivity contribution in [2.75, 3.05) is 6.61 Å². The first-order chi connectivity index (χ1) is 9.15. The zero-order chi connectivity index (χ0) is 13.8. The van der Waals surface area contributed by atoms with Gasteiger partial charge >= 0.3 is 0 Å². The third kappa shape index (κ3) is 3.50. The molecule has 5 heteroatoms. The number of hydrogen-bond donors (Lipinski definition) is 1. The van der Waals surface area contributed by atoms with Crippen LogP contribution in [0.5, 0.6) is 0 Å². The van der Waals surface area contributed by atoms with Crippen LogP contribution in [0.1, 0.15) is 51.3 Å². The summed E-state index contributed by atoms with van der Waals surface area (Å²) >= 11 is 6.13. The molecule has 2 rings (SSSR count). The molecule has 108 valence electrons. The molecule has 1 aromatic heterocycles. The van der Waals surface area contributed by atoms with Crippen molar-refractivity contribution >= 4 is 11.6 Å². The van der Waals surface area contributed by atoms with E-state index >= 15 is 0 Å². The number of halogens is 1. The Morgan fingerprint density at radius 2 is 2.26 bits per heavy atom. The van der Waals surface area contributed by atoms with Gasteiger partial charge in [-0.25, -0.2) is 0 Å². The fourth-order valence-electron chi connectivity index (χ4n) is 2.76. The lowest BCUT2D eigenvalue weighted by atomic mass is 9.78. The first-order valence-corrected chi connectivity index (χ1v) is 7.54. The van der Waals surface area contributed by atoms with Crippen molar-refractivity contribution in [1.82, 2.24) is 9.78 Å². The molecule has 19 heavy (non-hydrogen) atoms. The second-order valence-corrected chi connectivity index (χ2v) is 5.67. The van der Waals surface area contributed by atoms with Crippen LogP contribution in [-0.2, 0) is 11.3 Å². The fraction of sp³-hybridized carbons (Fsp3) is 0.786. The normalized spacial score (nSPS) is 24.2. The first kappa shape index (κ1) is 14.8. The molecular weight excluding hydrogens is 264 g/mol. The molecule has 1 saturated carbocycles. The predicted molar refractivity (Wildman–Crippen MR) is 75.2 cm³/mol. The highest BCUT2D eigenvalue weighted by atomic mass is 35.5. The van der Waals surface area contributed by atoms with E-state index in [1.165, 1.54) is 0 Å². The summed E-state index contributed by atoms with van der Waals surface area (Å²) in [4.78, 5) is 0. The fourth-order valence-corrected chi connectivity index (χ4v) is 3.03. The summed E-state index contributed by atoms with van der Waals surface area (Å²) in [5.41, 5.74) is 0.767. The molecule has 1 N–H and O–H groups in total. The third-order valence-electron chi connectivity index (χ3n) is 3.74. The zero-order valence-electron chi connectivity index (χ0n) is 11.7. The average Bonchev–Trinajstić information content (AvgIpc) is 2.68. The van der Waals surface area contributed by atoms with Gasteiger partial charge in [-0.1, -0.05) is 18.5 Å². The van der Waals surface area contributed by atoms with E-state index in [2.05, 4.69) is 12.0 Å². The van der Waals surface area contributed by atoms with Crippen LogP contribution in [0, 0.1) is 5.92 Å². The number of nitrogens with zero attached hydrogens (tertiary/aromatic N) is 2. The van der Waals surface area contributed by atoms with Gasteiger partial charge in [0.05, 0.1) is 29.1 Å². The highest BCUT2D eigenvalue weighted by molar-refractivity contribution is 6.31. The van der Waals surface area contributed by atoms with Crippen molar-refractivity contribution in [3.8, 4) is 0 Å². The zero-order valence-corrected chi connectivity index (χ0v) is 12.4. The lowest BCUT2D eigenvalue weighted by Gasteiger charge is -2.36. The molecule has 0 saturated heterocycles. The van der Waals surface area contributed by atoms with Crippen molar-refractivity contribution in [1.29, 1.82) is 0 Å². The molecule has 0 radical (unpaired) electrons. The van der Waals surface area contributed by atoms with Crippen LogP contribution in [0.3, 0.4) is 0 Å². The summed E-state index contributed by atoms with van der Waals surface area (Å²) in [5, 5.41) is 15.2. The molecule has 1 aliphatic carbocycles. The lowest BCUT2D eigenvalue weighted by Crippen LogP contribution is -2.32. The average molecular weight is 287 g/mol. The maximum absolute atomic E-state index is 10.4. The van der Waals surface area contributed by atoms with Gasteiger partial charge in [-0.15, -0.1) is 0 Å². The molecule has 0 spiro atoms. The van der Waals surface area contributed by atoms with E-state index in [0.717, 1.165) is 44.5 Å². The van der Waals surface area contributed by atoms with Crippen LogP contribution < -0.4 is 0 Å². The highest BCUT2D eigenvalue weighted by Gasteiger charge is 2.32. The molecule has 0 amide bonds. The second-order valence-electron chi connectivity index (χ2n) is 5.27. The highest BCUT2D eigenvalue weighted by Crippen LogP contribution is 2.38. The van der Waals surface area contributed by atoms with Crippen LogP contribution in [0.4, 0.5) is 0 Å². The minimum absolute atomic E-state index is 0.387. The monoisotopic (exact) mass is 286 g/mol. The Hall–Kier alpha value is -0.580. The number of rotatable bonds is 7. The van der Waals surface area contributed by atoms with Crippen molar-refractivity contribution in [2.24, 2.45) is 5.92 Å². The molecule has 0 bridgehead atoms. The Morgan fingerprint density at radius 1 is 1.53 bits per heavy atom. The predicted octanol–water partition coefficient (Wildman–Crippen LogP) is 3.19. The summed E-state index contributed by atoms with van der Waals surface area (Å²) in [5.74, 6) is 0.535. The van der Waals surface area contributed by atoms with Crippen molar-refractivity contribution in [3.63, 3.8) is 0 Å². The first-order valence-electron chi connectivity index (χ1n) is 7.16. The van der Waals surface area contributed by atoms with Crippen LogP contribution in [0.2, 0.25) is 5.02 Å². The molecule has 1 aliphatic rings. The van der Waals surface area contributed by atoms with Crippen LogP contribution in [0.15, 0.2) is 6.20 Å². The molecule has 1 heterocycles. The molecule has 4 nitrogen and oxygen atoms in total. The standard InChI is InChI=1S/C14H23ClN2O2/c1-3-5-17-14(12(15)9-16-17)13(18)8-10-6-11(7-10)19-4-2/h9-11,13,18H,3-8H2,1-2H3. The van der Waals surface area contributed by atoms with Gasteiger partial charge < -0.3 is 9.84 Å². The van der Waals surface area contributed by atoms with E-state index in [9.17, 15) is 5.11 Å². The van der Waals surface area contributed by atoms with E-state index in [4.69, 9.17) is 16.3 Å². The van der Waals surface area contributed by atoms with E-state index in [1.54, 1.807) is 6.20 Å². The van der Waals surface area contributed by atoms with Crippen LogP contribution in [0.25, 0.3) is 0 Å². The third-order valence-corrected chi connectivity index (χ3v) is 4.03. The van der Waals surface area contributed by atoms with Crippen molar-refractivity contribution < 1.29 is 9.84 Å². The van der Waals surface area contributed by atoms with E-state index < -0.39 is 6.10 Å². The minimum Gasteiger partial charge on any atom is -0.387 e. The van der Waals surface area contributed by atoms with Gasteiger partial charge in [-0.05, 0) is 38.5 Å². The van der Waals surface area contributed by atoms with Gasteiger partial charge in [0.25, 0.3) is 0 Å². The molecular formula is C14H23ClN2O2. The minimum atomic E-state index is -0.519. The Labute approximate surface area is 119 Å². The summed E-state index contributed by atoms with van der Waals surface area (Å²) in [7, 11) is 0. The second kappa shape index (κ2) is 6.73. The number of aryl methyl sites for hydroxylation is 1. The number of hydrogen-bond acceptors (Lipinski definition) is 3. The topological polar surface area (TPSA) is 47.3 Å². The lowest BCUT2D eigenvalue weighted by molar-refractivity contribution is -0.0387. The molecule has 1 aromatic rings. The molecule has 1 atom stereocenters. The van der Waals surface area contributed by atoms with Gasteiger partial charge in [0, 0.05) is 13.2 Å². The molecule has 1 unspecified atom stereocenters. The van der Waals surface area contributed by atoms with E-state index in [1.807, 2.05) is 11.6 Å². The molecule has 1 fully saturated rings. The largest absolute Gasteiger partial charge is 0.387 e. The van der Waals surface area contributed by atoms with Gasteiger partial charge in [-0.3, -0.25) is 4.68 Å². The van der Waals surface area contributed by atoms with Gasteiger partial charge in [-0.2, -0.15) is 5.10 Å². The van der Waals surface area contributed by atoms with Gasteiger partial charge in [0.1, 0.15) is 0 Å². The Morgan fingerprint density at radius 3 is 2.89 bits per heavy atom. The summed E-state index contributed by atoms with van der Waals surface area (Å²) < 4.78 is 7.37. The SMILES string of the molecule is CCCn1ncc(Cl)c1C(O)CC1CC(OCC)C1. The number of ether oxygens (including phenoxy) is 1. The number of aliphatic hydroxyl groups is 1. The van der Waals surface area contributed by atoms with Gasteiger partial charge in [0.15, 0.2) is 0 Å². The van der Waals surface area contributed by atoms with Gasteiger partial charge in [0.2, 0.25) is 0 Å². The summed E-state index contributed by atoms with van der Waals surface area (Å²) in [6.07, 6.45) is 5.31. The quantitative estimate of drug-likeness (QED) is 0.837. The Kier molecular flexibility index (Phi) is 5.25. The van der Waals surface area contributed by atoms with Crippen LogP contribution >= 0.6 is 11.6 Å². The Bertz CT molecular complexity index is 402.